The average Bonchev–Trinajstić information content (AvgIpc) is 3.89. The third-order valence-corrected chi connectivity index (χ3v) is 15.9. The van der Waals surface area contributed by atoms with E-state index in [1.54, 1.807) is 36.4 Å². The monoisotopic (exact) mass is 824 g/mol. The highest BCUT2D eigenvalue weighted by atomic mass is 16.9. The van der Waals surface area contributed by atoms with Crippen molar-refractivity contribution in [2.24, 2.45) is 35.5 Å². The van der Waals surface area contributed by atoms with Crippen molar-refractivity contribution in [2.75, 3.05) is 13.2 Å². The van der Waals surface area contributed by atoms with E-state index in [2.05, 4.69) is 13.5 Å². The molecule has 3 bridgehead atoms. The van der Waals surface area contributed by atoms with Crippen LogP contribution in [-0.4, -0.2) is 104 Å². The molecule has 60 heavy (non-hydrogen) atoms. The van der Waals surface area contributed by atoms with E-state index in [0.29, 0.717) is 24.0 Å². The number of aliphatic hydroxyl groups is 4. The minimum Gasteiger partial charge on any atom is -0.462 e. The highest BCUT2D eigenvalue weighted by Gasteiger charge is 2.91. The van der Waals surface area contributed by atoms with E-state index in [1.807, 2.05) is 50.2 Å². The summed E-state index contributed by atoms with van der Waals surface area (Å²) in [6, 6.07) is 21.6. The summed E-state index contributed by atoms with van der Waals surface area (Å²) in [6.07, 6.45) is -1.63. The number of epoxide rings is 1. The minimum absolute atomic E-state index is 0.101. The minimum atomic E-state index is -2.30. The van der Waals surface area contributed by atoms with Crippen LogP contribution < -0.4 is 0 Å². The van der Waals surface area contributed by atoms with Gasteiger partial charge < -0.3 is 48.8 Å². The zero-order chi connectivity index (χ0) is 42.0. The first-order valence-corrected chi connectivity index (χ1v) is 21.8. The van der Waals surface area contributed by atoms with E-state index in [1.165, 1.54) is 0 Å². The average molecular weight is 825 g/mol. The summed E-state index contributed by atoms with van der Waals surface area (Å²) in [5.41, 5.74) is -5.66. The lowest BCUT2D eigenvalue weighted by atomic mass is 9.51. The smallest absolute Gasteiger partial charge is 0.338 e. The molecule has 12 nitrogen and oxygen atoms in total. The number of hydrogen-bond acceptors (Lipinski definition) is 12. The molecule has 4 unspecified atom stereocenters. The Balaban J connectivity index is 1.18. The molecule has 2 spiro atoms. The highest BCUT2D eigenvalue weighted by molar-refractivity contribution is 5.95. The van der Waals surface area contributed by atoms with E-state index in [-0.39, 0.29) is 24.5 Å². The predicted molar refractivity (Wildman–Crippen MR) is 216 cm³/mol. The maximum atomic E-state index is 14.5. The van der Waals surface area contributed by atoms with Crippen LogP contribution in [0.2, 0.25) is 0 Å². The van der Waals surface area contributed by atoms with Gasteiger partial charge in [-0.25, -0.2) is 9.59 Å². The third kappa shape index (κ3) is 5.44. The van der Waals surface area contributed by atoms with Crippen LogP contribution in [-0.2, 0) is 28.4 Å². The van der Waals surface area contributed by atoms with Crippen molar-refractivity contribution in [1.29, 1.82) is 0 Å². The molecule has 3 saturated carbocycles. The normalized spacial score (nSPS) is 45.0. The Labute approximate surface area is 349 Å². The SMILES string of the molecule is C=C(C)[C@]12C[C@@H](COC(=O)c3ccccc3)[C@@]34OC5(O[C@@H]1C3[C@@H]1O[C@]1(CO)[C@@H](O)[C@@]1(O)C4C([C@H](C)CCCCCC[C@H]5O)[C@H](C)[C@@H]1OC(=O)c1ccc3ccccc3c1)O2. The topological polar surface area (TPSA) is 174 Å². The van der Waals surface area contributed by atoms with Gasteiger partial charge in [0, 0.05) is 17.8 Å². The Morgan fingerprint density at radius 1 is 0.850 bits per heavy atom. The van der Waals surface area contributed by atoms with Gasteiger partial charge >= 0.3 is 17.9 Å². The van der Waals surface area contributed by atoms with Crippen molar-refractivity contribution in [3.63, 3.8) is 0 Å². The molecule has 3 aliphatic carbocycles. The predicted octanol–water partition coefficient (Wildman–Crippen LogP) is 5.48. The highest BCUT2D eigenvalue weighted by Crippen LogP contribution is 2.75. The maximum Gasteiger partial charge on any atom is 0.338 e. The summed E-state index contributed by atoms with van der Waals surface area (Å²) in [6.45, 7) is 9.45. The van der Waals surface area contributed by atoms with Crippen LogP contribution in [0.4, 0.5) is 0 Å². The van der Waals surface area contributed by atoms with E-state index in [0.717, 1.165) is 36.5 Å². The van der Waals surface area contributed by atoms with Gasteiger partial charge in [0.15, 0.2) is 0 Å². The Bertz CT molecular complexity index is 2200. The molecule has 4 saturated heterocycles. The maximum absolute atomic E-state index is 14.5. The van der Waals surface area contributed by atoms with Gasteiger partial charge in [-0.05, 0) is 78.1 Å². The number of benzene rings is 3. The van der Waals surface area contributed by atoms with Gasteiger partial charge in [-0.2, -0.15) is 0 Å². The molecule has 12 heteroatoms. The van der Waals surface area contributed by atoms with Crippen LogP contribution in [0.1, 0.15) is 86.4 Å². The molecule has 320 valence electrons. The lowest BCUT2D eigenvalue weighted by molar-refractivity contribution is -0.459. The number of ether oxygens (including phenoxy) is 6. The molecular weight excluding hydrogens is 769 g/mol. The number of rotatable bonds is 7. The Morgan fingerprint density at radius 3 is 2.30 bits per heavy atom. The molecule has 0 radical (unpaired) electrons. The fourth-order valence-corrected chi connectivity index (χ4v) is 13.1. The summed E-state index contributed by atoms with van der Waals surface area (Å²) < 4.78 is 40.7. The molecule has 3 aromatic carbocycles. The summed E-state index contributed by atoms with van der Waals surface area (Å²) in [5, 5.41) is 52.4. The number of aliphatic hydroxyl groups excluding tert-OH is 3. The fourth-order valence-electron chi connectivity index (χ4n) is 13.1. The van der Waals surface area contributed by atoms with Gasteiger partial charge in [0.2, 0.25) is 0 Å². The van der Waals surface area contributed by atoms with Gasteiger partial charge in [-0.3, -0.25) is 0 Å². The standard InChI is InChI=1S/C48H56O12/c1-26(2)44-23-33(24-55-41(51)30-16-9-7-10-17-30)47-36-39(44)58-48(59-44,60-47)34(50)19-11-6-5-8-14-27(3)35-28(4)38(46(54,37(35)47)43(53)45(25-49)40(36)57-45)56-42(52)32-21-20-29-15-12-13-18-31(29)22-32/h7,9-10,12-13,15-18,20-22,27-28,33-40,43,49-50,53-54H,1,5-6,8,11,14,19,23-25H2,2-4H3/t27-,28+,33+,34-,35?,36?,37?,38+,39-,40+,43-,44-,45+,46-,47-,48?/m1/s1. The second-order valence-corrected chi connectivity index (χ2v) is 19.0. The zero-order valence-corrected chi connectivity index (χ0v) is 34.4. The van der Waals surface area contributed by atoms with E-state index < -0.39 is 107 Å². The Morgan fingerprint density at radius 2 is 1.57 bits per heavy atom. The number of hydrogen-bond donors (Lipinski definition) is 4. The second-order valence-electron chi connectivity index (χ2n) is 19.0. The first-order chi connectivity index (χ1) is 28.8. The summed E-state index contributed by atoms with van der Waals surface area (Å²) in [5.74, 6) is -7.03. The molecule has 4 aliphatic heterocycles. The lowest BCUT2D eigenvalue weighted by Gasteiger charge is -2.62. The van der Waals surface area contributed by atoms with Crippen molar-refractivity contribution in [2.45, 2.75) is 125 Å². The lowest BCUT2D eigenvalue weighted by Crippen LogP contribution is -2.75. The quantitative estimate of drug-likeness (QED) is 0.135. The summed E-state index contributed by atoms with van der Waals surface area (Å²) in [7, 11) is 0. The molecule has 16 atom stereocenters. The largest absolute Gasteiger partial charge is 0.462 e. The molecule has 4 heterocycles. The first kappa shape index (κ1) is 40.4. The van der Waals surface area contributed by atoms with Gasteiger partial charge in [-0.1, -0.05) is 101 Å². The third-order valence-electron chi connectivity index (χ3n) is 15.9. The Kier molecular flexibility index (Phi) is 9.52. The summed E-state index contributed by atoms with van der Waals surface area (Å²) >= 11 is 0. The molecular formula is C48H56O12. The zero-order valence-electron chi connectivity index (χ0n) is 34.4. The fraction of sp³-hybridized carbons (Fsp3) is 0.583. The van der Waals surface area contributed by atoms with Crippen molar-refractivity contribution in [1.82, 2.24) is 0 Å². The van der Waals surface area contributed by atoms with Gasteiger partial charge in [0.25, 0.3) is 0 Å². The second kappa shape index (κ2) is 14.2. The molecule has 4 N–H and O–H groups in total. The van der Waals surface area contributed by atoms with Gasteiger partial charge in [-0.15, -0.1) is 0 Å². The van der Waals surface area contributed by atoms with E-state index in [4.69, 9.17) is 28.4 Å². The van der Waals surface area contributed by atoms with Crippen molar-refractivity contribution >= 4 is 22.7 Å². The van der Waals surface area contributed by atoms with Crippen LogP contribution in [0.15, 0.2) is 84.9 Å². The van der Waals surface area contributed by atoms with Crippen molar-refractivity contribution in [3.8, 4) is 0 Å². The number of carbonyl (C=O) groups is 2. The van der Waals surface area contributed by atoms with Crippen LogP contribution in [0.25, 0.3) is 10.8 Å². The van der Waals surface area contributed by atoms with Gasteiger partial charge in [0.1, 0.15) is 47.3 Å². The van der Waals surface area contributed by atoms with Gasteiger partial charge in [0.05, 0.1) is 29.9 Å². The molecule has 0 amide bonds. The molecule has 7 aliphatic rings. The number of esters is 2. The molecule has 3 aromatic rings. The van der Waals surface area contributed by atoms with Crippen LogP contribution in [0.3, 0.4) is 0 Å². The van der Waals surface area contributed by atoms with E-state index >= 15 is 0 Å². The van der Waals surface area contributed by atoms with Crippen molar-refractivity contribution in [3.05, 3.63) is 96.1 Å². The van der Waals surface area contributed by atoms with E-state index in [9.17, 15) is 30.0 Å². The Hall–Kier alpha value is -3.72. The summed E-state index contributed by atoms with van der Waals surface area (Å²) in [4.78, 5) is 28.2. The molecule has 10 rings (SSSR count). The van der Waals surface area contributed by atoms with Crippen LogP contribution in [0, 0.1) is 35.5 Å². The van der Waals surface area contributed by atoms with Crippen molar-refractivity contribution < 1.29 is 58.4 Å². The number of fused-ring (bicyclic) bond motifs is 2. The van der Waals surface area contributed by atoms with Crippen LogP contribution >= 0.6 is 0 Å². The number of carbonyl (C=O) groups excluding carboxylic acids is 2. The van der Waals surface area contributed by atoms with Crippen LogP contribution in [0.5, 0.6) is 0 Å². The molecule has 0 aromatic heterocycles. The first-order valence-electron chi connectivity index (χ1n) is 21.8. The molecule has 7 fully saturated rings.